The van der Waals surface area contributed by atoms with Gasteiger partial charge in [0.15, 0.2) is 0 Å². The molecule has 0 saturated heterocycles. The first-order valence-corrected chi connectivity index (χ1v) is 16.6. The second kappa shape index (κ2) is 15.7. The Morgan fingerprint density at radius 2 is 1.69 bits per heavy atom. The second-order valence-corrected chi connectivity index (χ2v) is 13.1. The number of methoxy groups -OCH3 is 1. The maximum absolute atomic E-state index is 14.5. The molecule has 1 unspecified atom stereocenters. The number of rotatable bonds is 14. The SMILES string of the molecule is CCNC(=O)C(Cc1ccccc1)N(Cc1ccc(F)cc1)C(=O)CN(c1cc(Cl)ccc1OC)S(=O)(=O)c1ccc(C)c([N+](=O)[O-])c1. The fourth-order valence-electron chi connectivity index (χ4n) is 5.08. The van der Waals surface area contributed by atoms with E-state index >= 15 is 0 Å². The van der Waals surface area contributed by atoms with E-state index in [1.807, 2.05) is 6.07 Å². The number of ether oxygens (including phenoxy) is 1. The fraction of sp³-hybridized carbons (Fsp3) is 0.235. The van der Waals surface area contributed by atoms with Gasteiger partial charge in [-0.3, -0.25) is 24.0 Å². The van der Waals surface area contributed by atoms with Gasteiger partial charge in [-0.15, -0.1) is 0 Å². The van der Waals surface area contributed by atoms with Crippen molar-refractivity contribution in [3.05, 3.63) is 129 Å². The average molecular weight is 697 g/mol. The van der Waals surface area contributed by atoms with E-state index in [4.69, 9.17) is 16.3 Å². The fourth-order valence-corrected chi connectivity index (χ4v) is 6.68. The van der Waals surface area contributed by atoms with Crippen molar-refractivity contribution in [2.24, 2.45) is 0 Å². The first kappa shape index (κ1) is 35.8. The molecule has 0 aliphatic heterocycles. The lowest BCUT2D eigenvalue weighted by Crippen LogP contribution is -2.53. The zero-order valence-electron chi connectivity index (χ0n) is 26.4. The Morgan fingerprint density at radius 3 is 2.31 bits per heavy atom. The van der Waals surface area contributed by atoms with Crippen molar-refractivity contribution in [3.8, 4) is 5.75 Å². The van der Waals surface area contributed by atoms with Gasteiger partial charge in [-0.05, 0) is 61.4 Å². The van der Waals surface area contributed by atoms with Crippen LogP contribution in [0, 0.1) is 22.9 Å². The Hall–Kier alpha value is -5.01. The standard InChI is InChI=1S/C34H34ClFN4O7S/c1-4-37-34(42)31(18-24-8-6-5-7-9-24)38(21-25-11-14-27(36)15-12-25)33(41)22-39(30-19-26(35)13-17-32(30)47-3)48(45,46)28-16-10-23(2)29(20-28)40(43)44/h5-17,19-20,31H,4,18,21-22H2,1-3H3,(H,37,42). The summed E-state index contributed by atoms with van der Waals surface area (Å²) in [6.45, 7) is 2.42. The van der Waals surface area contributed by atoms with E-state index in [0.717, 1.165) is 15.9 Å². The predicted molar refractivity (Wildman–Crippen MR) is 180 cm³/mol. The molecule has 1 N–H and O–H groups in total. The monoisotopic (exact) mass is 696 g/mol. The molecule has 0 fully saturated rings. The van der Waals surface area contributed by atoms with E-state index in [2.05, 4.69) is 5.32 Å². The molecule has 4 aromatic rings. The van der Waals surface area contributed by atoms with E-state index in [0.29, 0.717) is 5.56 Å². The lowest BCUT2D eigenvalue weighted by atomic mass is 10.0. The number of benzene rings is 4. The molecule has 2 amide bonds. The van der Waals surface area contributed by atoms with Gasteiger partial charge in [-0.1, -0.05) is 60.1 Å². The van der Waals surface area contributed by atoms with Crippen molar-refractivity contribution in [3.63, 3.8) is 0 Å². The number of hydrogen-bond donors (Lipinski definition) is 1. The minimum absolute atomic E-state index is 0.0482. The third-order valence-corrected chi connectivity index (χ3v) is 9.53. The molecule has 0 aliphatic rings. The lowest BCUT2D eigenvalue weighted by Gasteiger charge is -2.34. The van der Waals surface area contributed by atoms with Crippen LogP contribution in [0.25, 0.3) is 0 Å². The van der Waals surface area contributed by atoms with Crippen LogP contribution in [0.3, 0.4) is 0 Å². The van der Waals surface area contributed by atoms with Crippen LogP contribution in [0.1, 0.15) is 23.6 Å². The summed E-state index contributed by atoms with van der Waals surface area (Å²) in [5, 5.41) is 14.6. The highest BCUT2D eigenvalue weighted by Gasteiger charge is 2.36. The number of hydrogen-bond acceptors (Lipinski definition) is 7. The smallest absolute Gasteiger partial charge is 0.273 e. The average Bonchev–Trinajstić information content (AvgIpc) is 3.06. The minimum Gasteiger partial charge on any atom is -0.495 e. The van der Waals surface area contributed by atoms with E-state index in [9.17, 15) is 32.5 Å². The number of nitro benzene ring substituents is 1. The van der Waals surface area contributed by atoms with Gasteiger partial charge in [0.2, 0.25) is 11.8 Å². The van der Waals surface area contributed by atoms with E-state index in [-0.39, 0.29) is 41.5 Å². The molecule has 4 rings (SSSR count). The normalized spacial score (nSPS) is 11.8. The Morgan fingerprint density at radius 1 is 1.00 bits per heavy atom. The Kier molecular flexibility index (Phi) is 11.7. The summed E-state index contributed by atoms with van der Waals surface area (Å²) in [6.07, 6.45) is 0.0804. The van der Waals surface area contributed by atoms with Crippen LogP contribution in [0.2, 0.25) is 5.02 Å². The van der Waals surface area contributed by atoms with E-state index in [1.165, 1.54) is 73.5 Å². The molecule has 0 spiro atoms. The summed E-state index contributed by atoms with van der Waals surface area (Å²) in [6, 6.07) is 20.8. The van der Waals surface area contributed by atoms with Gasteiger partial charge < -0.3 is 15.0 Å². The van der Waals surface area contributed by atoms with Crippen molar-refractivity contribution in [1.29, 1.82) is 0 Å². The zero-order chi connectivity index (χ0) is 35.0. The van der Waals surface area contributed by atoms with Crippen molar-refractivity contribution in [1.82, 2.24) is 10.2 Å². The Balaban J connectivity index is 1.88. The van der Waals surface area contributed by atoms with Crippen LogP contribution in [0.5, 0.6) is 5.75 Å². The molecule has 0 radical (unpaired) electrons. The predicted octanol–water partition coefficient (Wildman–Crippen LogP) is 5.68. The summed E-state index contributed by atoms with van der Waals surface area (Å²) in [5.74, 6) is -1.73. The highest BCUT2D eigenvalue weighted by molar-refractivity contribution is 7.92. The molecule has 0 aromatic heterocycles. The zero-order valence-corrected chi connectivity index (χ0v) is 28.0. The largest absolute Gasteiger partial charge is 0.495 e. The first-order chi connectivity index (χ1) is 22.8. The molecule has 0 saturated carbocycles. The van der Waals surface area contributed by atoms with Gasteiger partial charge in [0.25, 0.3) is 15.7 Å². The van der Waals surface area contributed by atoms with Gasteiger partial charge in [-0.2, -0.15) is 0 Å². The molecule has 14 heteroatoms. The maximum Gasteiger partial charge on any atom is 0.273 e. The van der Waals surface area contributed by atoms with Crippen molar-refractivity contribution < 1.29 is 32.1 Å². The minimum atomic E-state index is -4.71. The molecular weight excluding hydrogens is 663 g/mol. The van der Waals surface area contributed by atoms with Crippen molar-refractivity contribution in [2.45, 2.75) is 37.8 Å². The number of halogens is 2. The highest BCUT2D eigenvalue weighted by atomic mass is 35.5. The number of carbonyl (C=O) groups excluding carboxylic acids is 2. The number of aryl methyl sites for hydroxylation is 1. The van der Waals surface area contributed by atoms with Crippen LogP contribution in [0.15, 0.2) is 95.9 Å². The van der Waals surface area contributed by atoms with Gasteiger partial charge in [0, 0.05) is 36.2 Å². The third-order valence-electron chi connectivity index (χ3n) is 7.54. The highest BCUT2D eigenvalue weighted by Crippen LogP contribution is 2.36. The summed E-state index contributed by atoms with van der Waals surface area (Å²) in [5.41, 5.74) is 0.908. The number of likely N-dealkylation sites (N-methyl/N-ethyl adjacent to an activating group) is 1. The number of sulfonamides is 1. The molecule has 252 valence electrons. The van der Waals surface area contributed by atoms with Crippen LogP contribution in [-0.2, 0) is 32.6 Å². The van der Waals surface area contributed by atoms with Gasteiger partial charge in [0.05, 0.1) is 22.6 Å². The molecule has 1 atom stereocenters. The maximum atomic E-state index is 14.5. The summed E-state index contributed by atoms with van der Waals surface area (Å²) in [4.78, 5) is 39.9. The van der Waals surface area contributed by atoms with Gasteiger partial charge in [0.1, 0.15) is 24.2 Å². The first-order valence-electron chi connectivity index (χ1n) is 14.8. The number of amides is 2. The second-order valence-electron chi connectivity index (χ2n) is 10.8. The Labute approximate surface area is 283 Å². The lowest BCUT2D eigenvalue weighted by molar-refractivity contribution is -0.385. The topological polar surface area (TPSA) is 139 Å². The summed E-state index contributed by atoms with van der Waals surface area (Å²) >= 11 is 6.29. The molecule has 0 aliphatic carbocycles. The third kappa shape index (κ3) is 8.47. The summed E-state index contributed by atoms with van der Waals surface area (Å²) in [7, 11) is -3.40. The van der Waals surface area contributed by atoms with Crippen molar-refractivity contribution >= 4 is 44.8 Å². The van der Waals surface area contributed by atoms with E-state index in [1.54, 1.807) is 31.2 Å². The van der Waals surface area contributed by atoms with Crippen LogP contribution in [-0.4, -0.2) is 56.3 Å². The van der Waals surface area contributed by atoms with Crippen LogP contribution < -0.4 is 14.4 Å². The van der Waals surface area contributed by atoms with Gasteiger partial charge in [-0.25, -0.2) is 12.8 Å². The van der Waals surface area contributed by atoms with Crippen molar-refractivity contribution in [2.75, 3.05) is 24.5 Å². The van der Waals surface area contributed by atoms with E-state index < -0.39 is 55.7 Å². The summed E-state index contributed by atoms with van der Waals surface area (Å²) < 4.78 is 48.8. The molecule has 0 bridgehead atoms. The number of carbonyl (C=O) groups is 2. The molecule has 0 heterocycles. The van der Waals surface area contributed by atoms with Gasteiger partial charge >= 0.3 is 0 Å². The molecular formula is C34H34ClFN4O7S. The Bertz CT molecular complexity index is 1890. The number of nitrogens with zero attached hydrogens (tertiary/aromatic N) is 3. The van der Waals surface area contributed by atoms with Crippen LogP contribution in [0.4, 0.5) is 15.8 Å². The molecule has 11 nitrogen and oxygen atoms in total. The quantitative estimate of drug-likeness (QED) is 0.132. The number of anilines is 1. The number of nitrogens with one attached hydrogen (secondary N) is 1. The molecule has 48 heavy (non-hydrogen) atoms. The number of nitro groups is 1. The van der Waals surface area contributed by atoms with Crippen LogP contribution >= 0.6 is 11.6 Å². The molecule has 4 aromatic carbocycles.